The van der Waals surface area contributed by atoms with Crippen LogP contribution in [-0.4, -0.2) is 25.4 Å². The summed E-state index contributed by atoms with van der Waals surface area (Å²) in [6.45, 7) is 6.36. The number of hydrogen-bond donors (Lipinski definition) is 0. The standard InChI is InChI=1S/C26H26FN5O/c1-16-24(17(2)33-31-16)20-10-23-25(30-13-20)22(19-4-5-21(11-28)29-12-19)15-32(23)14-18-6-8-26(3,27)9-7-18/h4-5,10,12-13,15,18H,6-9,14H2,1-3H3. The highest BCUT2D eigenvalue weighted by Crippen LogP contribution is 2.38. The molecule has 1 aliphatic rings. The Kier molecular flexibility index (Phi) is 5.24. The van der Waals surface area contributed by atoms with Gasteiger partial charge in [0.15, 0.2) is 0 Å². The molecular formula is C26H26FN5O. The van der Waals surface area contributed by atoms with E-state index in [2.05, 4.69) is 33.0 Å². The van der Waals surface area contributed by atoms with Gasteiger partial charge in [-0.25, -0.2) is 9.37 Å². The van der Waals surface area contributed by atoms with Crippen LogP contribution in [0, 0.1) is 31.1 Å². The molecule has 0 aliphatic heterocycles. The molecule has 0 N–H and O–H groups in total. The number of pyridine rings is 2. The zero-order valence-electron chi connectivity index (χ0n) is 19.1. The lowest BCUT2D eigenvalue weighted by molar-refractivity contribution is 0.0985. The van der Waals surface area contributed by atoms with Crippen LogP contribution in [0.1, 0.15) is 49.8 Å². The van der Waals surface area contributed by atoms with Gasteiger partial charge in [-0.05, 0) is 70.6 Å². The normalized spacial score (nSPS) is 20.8. The molecule has 0 unspecified atom stereocenters. The molecule has 7 heteroatoms. The molecule has 4 aromatic heterocycles. The van der Waals surface area contributed by atoms with E-state index in [-0.39, 0.29) is 0 Å². The molecule has 0 amide bonds. The second kappa shape index (κ2) is 8.11. The Balaban J connectivity index is 1.60. The van der Waals surface area contributed by atoms with Crippen molar-refractivity contribution in [2.75, 3.05) is 0 Å². The van der Waals surface area contributed by atoms with Gasteiger partial charge in [0, 0.05) is 47.4 Å². The van der Waals surface area contributed by atoms with E-state index in [1.807, 2.05) is 26.1 Å². The van der Waals surface area contributed by atoms with Crippen LogP contribution in [0.2, 0.25) is 0 Å². The number of hydrogen-bond acceptors (Lipinski definition) is 5. The van der Waals surface area contributed by atoms with Crippen LogP contribution >= 0.6 is 0 Å². The molecule has 0 bridgehead atoms. The lowest BCUT2D eigenvalue weighted by Crippen LogP contribution is -2.27. The molecule has 4 aromatic rings. The molecule has 0 saturated heterocycles. The van der Waals surface area contributed by atoms with E-state index in [0.29, 0.717) is 24.5 Å². The first-order valence-electron chi connectivity index (χ1n) is 11.3. The third-order valence-electron chi connectivity index (χ3n) is 6.83. The summed E-state index contributed by atoms with van der Waals surface area (Å²) in [5.41, 5.74) is 5.86. The maximum Gasteiger partial charge on any atom is 0.141 e. The minimum atomic E-state index is -1.05. The highest BCUT2D eigenvalue weighted by molar-refractivity contribution is 5.94. The monoisotopic (exact) mass is 443 g/mol. The number of rotatable bonds is 4. The van der Waals surface area contributed by atoms with E-state index in [0.717, 1.165) is 64.1 Å². The van der Waals surface area contributed by atoms with Crippen molar-refractivity contribution in [3.8, 4) is 28.3 Å². The average Bonchev–Trinajstić information content (AvgIpc) is 3.34. The Bertz CT molecular complexity index is 1330. The summed E-state index contributed by atoms with van der Waals surface area (Å²) in [6, 6.07) is 7.83. The fraction of sp³-hybridized carbons (Fsp3) is 0.385. The fourth-order valence-corrected chi connectivity index (χ4v) is 4.92. The Labute approximate surface area is 192 Å². The second-order valence-electron chi connectivity index (χ2n) is 9.39. The molecule has 0 aromatic carbocycles. The average molecular weight is 444 g/mol. The number of halogens is 1. The van der Waals surface area contributed by atoms with Gasteiger partial charge in [-0.1, -0.05) is 5.16 Å². The van der Waals surface area contributed by atoms with Crippen LogP contribution in [0.25, 0.3) is 33.3 Å². The van der Waals surface area contributed by atoms with Gasteiger partial charge in [0.1, 0.15) is 23.2 Å². The van der Waals surface area contributed by atoms with Crippen molar-refractivity contribution in [2.24, 2.45) is 5.92 Å². The maximum atomic E-state index is 14.3. The minimum absolute atomic E-state index is 0.382. The number of fused-ring (bicyclic) bond motifs is 1. The summed E-state index contributed by atoms with van der Waals surface area (Å²) in [5.74, 6) is 1.18. The molecule has 0 radical (unpaired) electrons. The maximum absolute atomic E-state index is 14.3. The quantitative estimate of drug-likeness (QED) is 0.377. The second-order valence-corrected chi connectivity index (χ2v) is 9.39. The third kappa shape index (κ3) is 4.02. The van der Waals surface area contributed by atoms with Gasteiger partial charge in [-0.15, -0.1) is 0 Å². The molecule has 168 valence electrons. The molecule has 5 rings (SSSR count). The van der Waals surface area contributed by atoms with E-state index >= 15 is 0 Å². The van der Waals surface area contributed by atoms with Gasteiger partial charge in [0.2, 0.25) is 0 Å². The molecule has 0 atom stereocenters. The van der Waals surface area contributed by atoms with Crippen molar-refractivity contribution in [1.82, 2.24) is 19.7 Å². The number of nitrogens with zero attached hydrogens (tertiary/aromatic N) is 5. The Morgan fingerprint density at radius 2 is 1.94 bits per heavy atom. The van der Waals surface area contributed by atoms with Crippen molar-refractivity contribution in [3.05, 3.63) is 53.9 Å². The molecule has 6 nitrogen and oxygen atoms in total. The highest BCUT2D eigenvalue weighted by Gasteiger charge is 2.31. The SMILES string of the molecule is Cc1noc(C)c1-c1cnc2c(-c3ccc(C#N)nc3)cn(CC3CCC(C)(F)CC3)c2c1. The summed E-state index contributed by atoms with van der Waals surface area (Å²) in [4.78, 5) is 9.07. The molecule has 33 heavy (non-hydrogen) atoms. The molecule has 0 spiro atoms. The number of nitriles is 1. The Morgan fingerprint density at radius 3 is 2.58 bits per heavy atom. The Morgan fingerprint density at radius 1 is 1.18 bits per heavy atom. The molecule has 1 fully saturated rings. The predicted molar refractivity (Wildman–Crippen MR) is 124 cm³/mol. The fourth-order valence-electron chi connectivity index (χ4n) is 4.92. The molecule has 1 saturated carbocycles. The molecule has 1 aliphatic carbocycles. The third-order valence-corrected chi connectivity index (χ3v) is 6.83. The topological polar surface area (TPSA) is 80.5 Å². The van der Waals surface area contributed by atoms with Crippen LogP contribution in [-0.2, 0) is 6.54 Å². The lowest BCUT2D eigenvalue weighted by atomic mass is 9.81. The van der Waals surface area contributed by atoms with Crippen LogP contribution in [0.3, 0.4) is 0 Å². The van der Waals surface area contributed by atoms with Gasteiger partial charge in [-0.2, -0.15) is 5.26 Å². The molecule has 4 heterocycles. The van der Waals surface area contributed by atoms with Crippen molar-refractivity contribution in [3.63, 3.8) is 0 Å². The minimum Gasteiger partial charge on any atom is -0.361 e. The van der Waals surface area contributed by atoms with Crippen LogP contribution in [0.4, 0.5) is 4.39 Å². The summed E-state index contributed by atoms with van der Waals surface area (Å²) in [6.07, 6.45) is 8.64. The van der Waals surface area contributed by atoms with E-state index in [1.165, 1.54) is 0 Å². The van der Waals surface area contributed by atoms with Crippen LogP contribution < -0.4 is 0 Å². The first-order valence-corrected chi connectivity index (χ1v) is 11.3. The summed E-state index contributed by atoms with van der Waals surface area (Å²) < 4.78 is 22.0. The van der Waals surface area contributed by atoms with Crippen molar-refractivity contribution in [2.45, 2.75) is 58.7 Å². The summed E-state index contributed by atoms with van der Waals surface area (Å²) >= 11 is 0. The molecular weight excluding hydrogens is 417 g/mol. The van der Waals surface area contributed by atoms with Gasteiger partial charge < -0.3 is 9.09 Å². The summed E-state index contributed by atoms with van der Waals surface area (Å²) in [7, 11) is 0. The summed E-state index contributed by atoms with van der Waals surface area (Å²) in [5, 5.41) is 13.2. The van der Waals surface area contributed by atoms with Gasteiger partial charge in [-0.3, -0.25) is 4.98 Å². The van der Waals surface area contributed by atoms with Crippen LogP contribution in [0.15, 0.2) is 41.3 Å². The van der Waals surface area contributed by atoms with E-state index in [9.17, 15) is 4.39 Å². The zero-order valence-corrected chi connectivity index (χ0v) is 19.1. The highest BCUT2D eigenvalue weighted by atomic mass is 19.1. The van der Waals surface area contributed by atoms with Crippen molar-refractivity contribution < 1.29 is 8.91 Å². The van der Waals surface area contributed by atoms with Gasteiger partial charge in [0.25, 0.3) is 0 Å². The number of aryl methyl sites for hydroxylation is 2. The van der Waals surface area contributed by atoms with Gasteiger partial charge in [0.05, 0.1) is 16.7 Å². The van der Waals surface area contributed by atoms with E-state index in [4.69, 9.17) is 14.8 Å². The predicted octanol–water partition coefficient (Wildman–Crippen LogP) is 6.16. The van der Waals surface area contributed by atoms with E-state index in [1.54, 1.807) is 19.2 Å². The Hall–Kier alpha value is -3.53. The lowest BCUT2D eigenvalue weighted by Gasteiger charge is -2.31. The van der Waals surface area contributed by atoms with Gasteiger partial charge >= 0.3 is 0 Å². The van der Waals surface area contributed by atoms with Crippen molar-refractivity contribution >= 4 is 11.0 Å². The van der Waals surface area contributed by atoms with Crippen LogP contribution in [0.5, 0.6) is 0 Å². The van der Waals surface area contributed by atoms with E-state index < -0.39 is 5.67 Å². The number of aromatic nitrogens is 4. The number of alkyl halides is 1. The smallest absolute Gasteiger partial charge is 0.141 e. The zero-order chi connectivity index (χ0) is 23.2. The first-order chi connectivity index (χ1) is 15.8. The first kappa shape index (κ1) is 21.3. The largest absolute Gasteiger partial charge is 0.361 e. The van der Waals surface area contributed by atoms with Crippen molar-refractivity contribution in [1.29, 1.82) is 5.26 Å².